The van der Waals surface area contributed by atoms with Gasteiger partial charge < -0.3 is 14.2 Å². The summed E-state index contributed by atoms with van der Waals surface area (Å²) in [7, 11) is 0. The third kappa shape index (κ3) is 42.0. The van der Waals surface area contributed by atoms with Crippen molar-refractivity contribution in [3.05, 3.63) is 146 Å². The quantitative estimate of drug-likeness (QED) is 0.159. The Balaban J connectivity index is 0.000000495. The first kappa shape index (κ1) is 59.3. The summed E-state index contributed by atoms with van der Waals surface area (Å²) in [5, 5.41) is 0. The van der Waals surface area contributed by atoms with E-state index in [-0.39, 0.29) is 36.2 Å². The Labute approximate surface area is 403 Å². The minimum Gasteiger partial charge on any atom is -0.463 e. The average Bonchev–Trinajstić information content (AvgIpc) is 3.30. The molecule has 3 aliphatic rings. The zero-order valence-electron chi connectivity index (χ0n) is 41.6. The van der Waals surface area contributed by atoms with Crippen LogP contribution in [0.15, 0.2) is 146 Å². The van der Waals surface area contributed by atoms with E-state index < -0.39 is 0 Å². The lowest BCUT2D eigenvalue weighted by Crippen LogP contribution is -2.17. The van der Waals surface area contributed by atoms with Gasteiger partial charge in [0.05, 0.1) is 6.10 Å². The van der Waals surface area contributed by atoms with E-state index >= 15 is 0 Å². The molecule has 0 aromatic rings. The minimum absolute atomic E-state index is 0.0343. The molecule has 3 aliphatic heterocycles. The van der Waals surface area contributed by atoms with Gasteiger partial charge in [-0.2, -0.15) is 0 Å². The predicted octanol–water partition coefficient (Wildman–Crippen LogP) is 17.0. The highest BCUT2D eigenvalue weighted by Gasteiger charge is 2.13. The van der Waals surface area contributed by atoms with Crippen molar-refractivity contribution in [3.8, 4) is 0 Å². The Morgan fingerprint density at radius 1 is 0.379 bits per heavy atom. The van der Waals surface area contributed by atoms with Gasteiger partial charge in [-0.05, 0) is 148 Å². The van der Waals surface area contributed by atoms with E-state index in [4.69, 9.17) is 14.2 Å². The van der Waals surface area contributed by atoms with E-state index in [1.54, 1.807) is 0 Å². The highest BCUT2D eigenvalue weighted by Crippen LogP contribution is 2.14. The molecule has 0 fully saturated rings. The zero-order valence-corrected chi connectivity index (χ0v) is 41.6. The van der Waals surface area contributed by atoms with Crippen LogP contribution in [-0.4, -0.2) is 36.2 Å². The summed E-state index contributed by atoms with van der Waals surface area (Å²) >= 11 is 0. The third-order valence-corrected chi connectivity index (χ3v) is 10.7. The molecule has 0 aromatic heterocycles. The van der Waals surface area contributed by atoms with Gasteiger partial charge in [0.25, 0.3) is 0 Å². The molecule has 0 saturated carbocycles. The molecular formula is C60H90O6. The number of allylic oxidation sites excluding steroid dienone is 23. The second-order valence-corrected chi connectivity index (χ2v) is 16.9. The number of esters is 3. The Morgan fingerprint density at radius 3 is 1.08 bits per heavy atom. The molecule has 3 unspecified atom stereocenters. The normalized spacial score (nSPS) is 28.4. The standard InChI is InChI=1S/3C20H30O2/c1-19-17-15-13-11-9-7-5-3-2-4-6-8-10-12-14-16-18-20(21)22-19;1-2-19-17-15-13-11-9-7-5-3-4-6-8-10-12-14-16-18-20(21)22-19;1-2-16-19-17-14-12-10-8-6-4-3-5-7-9-11-13-15-18-20(21)22-19/h3-6,9-12,19H,2,7-8,13-18H2,1H3;4-7,10-13,19H,2-3,8-9,14-18H2,1H3;3,5-6,8-9,11-12,14,19H,2,4,7,10,13,15-18H2,1H3/b5-3-,6-4-,11-9-,12-10-;6-4-,7-5-,12-10-,13-11-;5-3-,8-6-,11-9-,14-12-. The second kappa shape index (κ2) is 46.8. The van der Waals surface area contributed by atoms with E-state index in [0.717, 1.165) is 154 Å². The van der Waals surface area contributed by atoms with Crippen molar-refractivity contribution in [2.75, 3.05) is 0 Å². The summed E-state index contributed by atoms with van der Waals surface area (Å²) in [5.41, 5.74) is 0. The van der Waals surface area contributed by atoms with Crippen LogP contribution < -0.4 is 0 Å². The number of carbonyl (C=O) groups excluding carboxylic acids is 3. The van der Waals surface area contributed by atoms with Gasteiger partial charge in [-0.1, -0.05) is 166 Å². The molecule has 0 bridgehead atoms. The molecule has 0 aromatic carbocycles. The Kier molecular flexibility index (Phi) is 42.1. The van der Waals surface area contributed by atoms with Crippen molar-refractivity contribution in [1.82, 2.24) is 0 Å². The first-order valence-corrected chi connectivity index (χ1v) is 25.8. The predicted molar refractivity (Wildman–Crippen MR) is 281 cm³/mol. The topological polar surface area (TPSA) is 78.9 Å². The lowest BCUT2D eigenvalue weighted by Gasteiger charge is -2.15. The Hall–Kier alpha value is -4.71. The highest BCUT2D eigenvalue weighted by atomic mass is 16.5. The van der Waals surface area contributed by atoms with Crippen LogP contribution in [-0.2, 0) is 28.6 Å². The fourth-order valence-corrected chi connectivity index (χ4v) is 6.90. The van der Waals surface area contributed by atoms with Crippen LogP contribution in [0.2, 0.25) is 0 Å². The van der Waals surface area contributed by atoms with E-state index in [1.807, 2.05) is 6.92 Å². The van der Waals surface area contributed by atoms with Crippen LogP contribution in [0.4, 0.5) is 0 Å². The molecule has 6 heteroatoms. The van der Waals surface area contributed by atoms with Gasteiger partial charge in [0.2, 0.25) is 0 Å². The summed E-state index contributed by atoms with van der Waals surface area (Å²) in [5.74, 6) is -0.165. The Morgan fingerprint density at radius 2 is 0.697 bits per heavy atom. The van der Waals surface area contributed by atoms with Gasteiger partial charge in [0.15, 0.2) is 0 Å². The van der Waals surface area contributed by atoms with Crippen LogP contribution in [0.3, 0.4) is 0 Å². The van der Waals surface area contributed by atoms with Gasteiger partial charge in [0, 0.05) is 25.7 Å². The van der Waals surface area contributed by atoms with Crippen LogP contribution in [0.1, 0.15) is 194 Å². The molecular weight excluding hydrogens is 817 g/mol. The summed E-state index contributed by atoms with van der Waals surface area (Å²) in [6.45, 7) is 6.20. The molecule has 0 radical (unpaired) electrons. The van der Waals surface area contributed by atoms with Crippen LogP contribution >= 0.6 is 0 Å². The summed E-state index contributed by atoms with van der Waals surface area (Å²) < 4.78 is 16.6. The Bertz CT molecular complexity index is 1570. The first-order valence-electron chi connectivity index (χ1n) is 25.8. The lowest BCUT2D eigenvalue weighted by molar-refractivity contribution is -0.150. The largest absolute Gasteiger partial charge is 0.463 e. The van der Waals surface area contributed by atoms with Crippen molar-refractivity contribution in [3.63, 3.8) is 0 Å². The maximum atomic E-state index is 11.9. The number of rotatable bonds is 3. The summed E-state index contributed by atoms with van der Waals surface area (Å²) in [6.07, 6.45) is 77.0. The molecule has 0 N–H and O–H groups in total. The smallest absolute Gasteiger partial charge is 0.306 e. The number of carbonyl (C=O) groups is 3. The molecule has 3 rings (SSSR count). The molecule has 3 atom stereocenters. The number of hydrogen-bond acceptors (Lipinski definition) is 6. The van der Waals surface area contributed by atoms with Crippen molar-refractivity contribution >= 4 is 17.9 Å². The number of cyclic esters (lactones) is 3. The SMILES string of the molecule is CC1CCC/C=C\C/C=C\C/C=C\C/C=C\CCCC(=O)O1.CCC1CC/C=C\C/C=C\C/C=C\C/C=C\CCCC(=O)O1.CCCC1C/C=C\C/C=C\C/C=C\C/C=C\CCCC(=O)O1. The van der Waals surface area contributed by atoms with Crippen molar-refractivity contribution in [2.24, 2.45) is 0 Å². The summed E-state index contributed by atoms with van der Waals surface area (Å²) in [6, 6.07) is 0. The molecule has 366 valence electrons. The maximum absolute atomic E-state index is 11.9. The van der Waals surface area contributed by atoms with Gasteiger partial charge in [0.1, 0.15) is 12.2 Å². The molecule has 3 heterocycles. The van der Waals surface area contributed by atoms with Crippen molar-refractivity contribution < 1.29 is 28.6 Å². The lowest BCUT2D eigenvalue weighted by atomic mass is 10.1. The van der Waals surface area contributed by atoms with E-state index in [0.29, 0.717) is 19.3 Å². The third-order valence-electron chi connectivity index (χ3n) is 10.7. The molecule has 0 spiro atoms. The van der Waals surface area contributed by atoms with Crippen molar-refractivity contribution in [1.29, 1.82) is 0 Å². The van der Waals surface area contributed by atoms with E-state index in [2.05, 4.69) is 160 Å². The fourth-order valence-electron chi connectivity index (χ4n) is 6.90. The monoisotopic (exact) mass is 907 g/mol. The summed E-state index contributed by atoms with van der Waals surface area (Å²) in [4.78, 5) is 35.4. The second-order valence-electron chi connectivity index (χ2n) is 16.9. The zero-order chi connectivity index (χ0) is 47.6. The molecule has 0 amide bonds. The molecule has 66 heavy (non-hydrogen) atoms. The average molecular weight is 907 g/mol. The maximum Gasteiger partial charge on any atom is 0.306 e. The number of hydrogen-bond donors (Lipinski definition) is 0. The van der Waals surface area contributed by atoms with Gasteiger partial charge in [-0.25, -0.2) is 0 Å². The molecule has 6 nitrogen and oxygen atoms in total. The minimum atomic E-state index is -0.0594. The van der Waals surface area contributed by atoms with E-state index in [9.17, 15) is 14.4 Å². The number of ether oxygens (including phenoxy) is 3. The van der Waals surface area contributed by atoms with Crippen LogP contribution in [0.5, 0.6) is 0 Å². The fraction of sp³-hybridized carbons (Fsp3) is 0.550. The van der Waals surface area contributed by atoms with Crippen molar-refractivity contribution in [2.45, 2.75) is 212 Å². The van der Waals surface area contributed by atoms with Crippen LogP contribution in [0.25, 0.3) is 0 Å². The van der Waals surface area contributed by atoms with E-state index in [1.165, 1.54) is 0 Å². The molecule has 0 aliphatic carbocycles. The van der Waals surface area contributed by atoms with Gasteiger partial charge in [-0.3, -0.25) is 14.4 Å². The molecule has 0 saturated heterocycles. The van der Waals surface area contributed by atoms with Gasteiger partial charge in [-0.15, -0.1) is 0 Å². The van der Waals surface area contributed by atoms with Gasteiger partial charge >= 0.3 is 17.9 Å². The van der Waals surface area contributed by atoms with Crippen LogP contribution in [0, 0.1) is 0 Å². The first-order chi connectivity index (χ1) is 32.4. The highest BCUT2D eigenvalue weighted by molar-refractivity contribution is 5.70.